The van der Waals surface area contributed by atoms with E-state index in [1.54, 1.807) is 0 Å². The molecule has 0 heterocycles. The highest BCUT2D eigenvalue weighted by Crippen LogP contribution is 2.56. The maximum atomic E-state index is 4.82. The fourth-order valence-electron chi connectivity index (χ4n) is 7.18. The van der Waals surface area contributed by atoms with Gasteiger partial charge in [0.2, 0.25) is 0 Å². The highest BCUT2D eigenvalue weighted by molar-refractivity contribution is 5.42. The minimum atomic E-state index is 0.512. The van der Waals surface area contributed by atoms with Crippen LogP contribution < -0.4 is 0 Å². The van der Waals surface area contributed by atoms with Crippen molar-refractivity contribution in [2.45, 2.75) is 134 Å². The predicted molar refractivity (Wildman–Crippen MR) is 115 cm³/mol. The van der Waals surface area contributed by atoms with Crippen LogP contribution in [0.3, 0.4) is 0 Å². The average Bonchev–Trinajstić information content (AvgIpc) is 2.76. The lowest BCUT2D eigenvalue weighted by molar-refractivity contribution is -0.0162. The van der Waals surface area contributed by atoms with Crippen molar-refractivity contribution in [2.24, 2.45) is 27.2 Å². The predicted octanol–water partition coefficient (Wildman–Crippen LogP) is 7.58. The zero-order valence-corrected chi connectivity index (χ0v) is 17.6. The molecule has 0 spiro atoms. The fourth-order valence-corrected chi connectivity index (χ4v) is 7.18. The molecule has 0 atom stereocenters. The van der Waals surface area contributed by atoms with Crippen LogP contribution in [0.1, 0.15) is 122 Å². The topological polar surface area (TPSA) is 24.7 Å². The van der Waals surface area contributed by atoms with Crippen molar-refractivity contribution in [1.82, 2.24) is 0 Å². The Morgan fingerprint density at radius 3 is 1.37 bits per heavy atom. The van der Waals surface area contributed by atoms with Gasteiger partial charge in [0.15, 0.2) is 0 Å². The van der Waals surface area contributed by atoms with Gasteiger partial charge in [-0.05, 0) is 81.5 Å². The first-order chi connectivity index (χ1) is 13.4. The monoisotopic (exact) mass is 370 g/mol. The molecule has 4 saturated carbocycles. The molecule has 4 fully saturated rings. The van der Waals surface area contributed by atoms with Crippen LogP contribution in [0.4, 0.5) is 0 Å². The minimum absolute atomic E-state index is 0.512. The van der Waals surface area contributed by atoms with Gasteiger partial charge in [0.1, 0.15) is 0 Å². The van der Waals surface area contributed by atoms with Crippen molar-refractivity contribution in [3.05, 3.63) is 0 Å². The molecule has 0 aromatic rings. The molecular formula is C25H42N2. The molecule has 0 unspecified atom stereocenters. The number of aliphatic imine (C=N–C) groups is 2. The molecule has 0 aliphatic heterocycles. The first kappa shape index (κ1) is 19.7. The largest absolute Gasteiger partial charge is 0.222 e. The van der Waals surface area contributed by atoms with Gasteiger partial charge in [-0.3, -0.25) is 0 Å². The molecule has 0 aromatic carbocycles. The number of rotatable bonds is 4. The summed E-state index contributed by atoms with van der Waals surface area (Å²) in [5.41, 5.74) is 0.674. The van der Waals surface area contributed by atoms with E-state index < -0.39 is 0 Å². The standard InChI is InChI=1S/C25H42N2/c1-4-10-21(11-5-1)25(22-12-6-2-7-13-22)18-16-24(17-19-25)27-20-26-23-14-8-3-9-15-23/h21-24H,1-19H2. The van der Waals surface area contributed by atoms with Crippen molar-refractivity contribution >= 4 is 6.01 Å². The second-order valence-corrected chi connectivity index (χ2v) is 10.3. The third-order valence-electron chi connectivity index (χ3n) is 8.78. The normalized spacial score (nSPS) is 29.2. The summed E-state index contributed by atoms with van der Waals surface area (Å²) in [6, 6.07) is 4.20. The first-order valence-corrected chi connectivity index (χ1v) is 12.5. The van der Waals surface area contributed by atoms with E-state index in [4.69, 9.17) is 4.99 Å². The molecule has 0 saturated heterocycles. The molecule has 0 amide bonds. The van der Waals surface area contributed by atoms with Gasteiger partial charge in [0.25, 0.3) is 0 Å². The molecule has 0 N–H and O–H groups in total. The van der Waals surface area contributed by atoms with E-state index in [1.807, 2.05) is 0 Å². The summed E-state index contributed by atoms with van der Waals surface area (Å²) in [6.07, 6.45) is 27.2. The molecular weight excluding hydrogens is 328 g/mol. The third kappa shape index (κ3) is 4.87. The van der Waals surface area contributed by atoms with Crippen molar-refractivity contribution in [1.29, 1.82) is 0 Å². The van der Waals surface area contributed by atoms with E-state index in [-0.39, 0.29) is 0 Å². The van der Waals surface area contributed by atoms with Gasteiger partial charge in [-0.25, -0.2) is 9.98 Å². The summed E-state index contributed by atoms with van der Waals surface area (Å²) in [5.74, 6) is 2.05. The highest BCUT2D eigenvalue weighted by Gasteiger charge is 2.47. The van der Waals surface area contributed by atoms with E-state index in [0.717, 1.165) is 11.8 Å². The quantitative estimate of drug-likeness (QED) is 0.455. The Labute approximate surface area is 167 Å². The van der Waals surface area contributed by atoms with Crippen molar-refractivity contribution < 1.29 is 0 Å². The molecule has 2 heteroatoms. The molecule has 4 aliphatic rings. The van der Waals surface area contributed by atoms with E-state index in [1.165, 1.54) is 122 Å². The first-order valence-electron chi connectivity index (χ1n) is 12.5. The molecule has 0 bridgehead atoms. The lowest BCUT2D eigenvalue weighted by Gasteiger charge is -2.52. The number of hydrogen-bond acceptors (Lipinski definition) is 2. The van der Waals surface area contributed by atoms with Crippen LogP contribution in [0.25, 0.3) is 0 Å². The van der Waals surface area contributed by atoms with Crippen LogP contribution >= 0.6 is 0 Å². The molecule has 2 nitrogen and oxygen atoms in total. The summed E-state index contributed by atoms with van der Waals surface area (Å²) in [7, 11) is 0. The van der Waals surface area contributed by atoms with E-state index in [2.05, 4.69) is 11.0 Å². The van der Waals surface area contributed by atoms with E-state index >= 15 is 0 Å². The molecule has 4 rings (SSSR count). The third-order valence-corrected chi connectivity index (χ3v) is 8.78. The fraction of sp³-hybridized carbons (Fsp3) is 0.960. The minimum Gasteiger partial charge on any atom is -0.222 e. The van der Waals surface area contributed by atoms with Crippen molar-refractivity contribution in [2.75, 3.05) is 0 Å². The maximum absolute atomic E-state index is 4.82. The second kappa shape index (κ2) is 9.73. The Balaban J connectivity index is 1.38. The lowest BCUT2D eigenvalue weighted by Crippen LogP contribution is -2.43. The summed E-state index contributed by atoms with van der Waals surface area (Å²) < 4.78 is 0. The summed E-state index contributed by atoms with van der Waals surface area (Å²) in [5, 5.41) is 0. The number of nitrogens with zero attached hydrogens (tertiary/aromatic N) is 2. The van der Waals surface area contributed by atoms with Gasteiger partial charge in [0, 0.05) is 0 Å². The Kier molecular flexibility index (Phi) is 7.09. The molecule has 27 heavy (non-hydrogen) atoms. The summed E-state index contributed by atoms with van der Waals surface area (Å²) in [6.45, 7) is 0. The lowest BCUT2D eigenvalue weighted by atomic mass is 9.53. The van der Waals surface area contributed by atoms with Crippen LogP contribution in [-0.2, 0) is 0 Å². The summed E-state index contributed by atoms with van der Waals surface area (Å²) >= 11 is 0. The van der Waals surface area contributed by atoms with Gasteiger partial charge in [-0.1, -0.05) is 57.8 Å². The van der Waals surface area contributed by atoms with E-state index in [9.17, 15) is 0 Å². The van der Waals surface area contributed by atoms with Crippen molar-refractivity contribution in [3.63, 3.8) is 0 Å². The van der Waals surface area contributed by atoms with Crippen LogP contribution in [-0.4, -0.2) is 18.1 Å². The molecule has 152 valence electrons. The smallest absolute Gasteiger partial charge is 0.0898 e. The Morgan fingerprint density at radius 1 is 0.481 bits per heavy atom. The Morgan fingerprint density at radius 2 is 0.889 bits per heavy atom. The summed E-state index contributed by atoms with van der Waals surface area (Å²) in [4.78, 5) is 9.49. The maximum Gasteiger partial charge on any atom is 0.0898 e. The second-order valence-electron chi connectivity index (χ2n) is 10.3. The zero-order chi connectivity index (χ0) is 18.4. The van der Waals surface area contributed by atoms with Gasteiger partial charge in [-0.15, -0.1) is 0 Å². The van der Waals surface area contributed by atoms with Crippen molar-refractivity contribution in [3.8, 4) is 0 Å². The van der Waals surface area contributed by atoms with Gasteiger partial charge >= 0.3 is 0 Å². The molecule has 0 aromatic heterocycles. The Hall–Kier alpha value is -0.620. The SMILES string of the molecule is C(=NC1CCCCC1)=NC1CCC(C2CCCCC2)(C2CCCCC2)CC1. The van der Waals surface area contributed by atoms with Gasteiger partial charge < -0.3 is 0 Å². The van der Waals surface area contributed by atoms with E-state index in [0.29, 0.717) is 17.5 Å². The van der Waals surface area contributed by atoms with Crippen LogP contribution in [0.15, 0.2) is 9.98 Å². The molecule has 0 radical (unpaired) electrons. The average molecular weight is 371 g/mol. The molecule has 4 aliphatic carbocycles. The van der Waals surface area contributed by atoms with Crippen LogP contribution in [0.2, 0.25) is 0 Å². The Bertz CT molecular complexity index is 472. The van der Waals surface area contributed by atoms with Gasteiger partial charge in [-0.2, -0.15) is 0 Å². The highest BCUT2D eigenvalue weighted by atomic mass is 14.9. The van der Waals surface area contributed by atoms with Crippen LogP contribution in [0, 0.1) is 17.3 Å². The number of hydrogen-bond donors (Lipinski definition) is 0. The van der Waals surface area contributed by atoms with Crippen LogP contribution in [0.5, 0.6) is 0 Å². The van der Waals surface area contributed by atoms with Gasteiger partial charge in [0.05, 0.1) is 18.1 Å². The zero-order valence-electron chi connectivity index (χ0n) is 17.6.